The van der Waals surface area contributed by atoms with Gasteiger partial charge in [-0.25, -0.2) is 4.98 Å². The molecule has 3 nitrogen and oxygen atoms in total. The Morgan fingerprint density at radius 2 is 2.60 bits per heavy atom. The zero-order valence-electron chi connectivity index (χ0n) is 5.43. The van der Waals surface area contributed by atoms with Crippen LogP contribution in [0.15, 0.2) is 10.6 Å². The Morgan fingerprint density at radius 1 is 1.90 bits per heavy atom. The largest absolute Gasteiger partial charge is 0.432 e. The van der Waals surface area contributed by atoms with Crippen molar-refractivity contribution in [2.75, 3.05) is 0 Å². The Hall–Kier alpha value is -0.830. The predicted octanol–water partition coefficient (Wildman–Crippen LogP) is 1.46. The van der Waals surface area contributed by atoms with Gasteiger partial charge in [0.15, 0.2) is 0 Å². The Morgan fingerprint density at radius 3 is 3.00 bits per heavy atom. The zero-order chi connectivity index (χ0) is 7.56. The second-order valence-electron chi connectivity index (χ2n) is 1.96. The van der Waals surface area contributed by atoms with E-state index in [1.807, 2.05) is 0 Å². The fraction of sp³-hybridized carbons (Fsp3) is 0.333. The standard InChI is InChI=1S/C6H6ClNO2/c1-4(9)2-5-3-8-6(7)10-5/h3H,2H2,1H3. The number of Topliss-reactive ketones (excluding diaryl/α,β-unsaturated/α-hetero) is 1. The van der Waals surface area contributed by atoms with Crippen molar-refractivity contribution in [3.8, 4) is 0 Å². The van der Waals surface area contributed by atoms with E-state index in [4.69, 9.17) is 16.0 Å². The summed E-state index contributed by atoms with van der Waals surface area (Å²) in [5, 5.41) is 0.0799. The van der Waals surface area contributed by atoms with Gasteiger partial charge >= 0.3 is 0 Å². The first-order valence-electron chi connectivity index (χ1n) is 2.78. The lowest BCUT2D eigenvalue weighted by atomic mass is 10.3. The van der Waals surface area contributed by atoms with Gasteiger partial charge in [-0.1, -0.05) is 0 Å². The van der Waals surface area contributed by atoms with Crippen LogP contribution in [-0.4, -0.2) is 10.8 Å². The van der Waals surface area contributed by atoms with Crippen molar-refractivity contribution in [2.45, 2.75) is 13.3 Å². The van der Waals surface area contributed by atoms with E-state index < -0.39 is 0 Å². The number of carbonyl (C=O) groups is 1. The molecule has 0 atom stereocenters. The van der Waals surface area contributed by atoms with Crippen LogP contribution in [0.2, 0.25) is 5.35 Å². The molecular weight excluding hydrogens is 154 g/mol. The number of rotatable bonds is 2. The quantitative estimate of drug-likeness (QED) is 0.656. The molecule has 0 N–H and O–H groups in total. The number of nitrogens with zero attached hydrogens (tertiary/aromatic N) is 1. The van der Waals surface area contributed by atoms with Crippen LogP contribution in [0.4, 0.5) is 0 Å². The number of halogens is 1. The number of ketones is 1. The third-order valence-electron chi connectivity index (χ3n) is 0.949. The maximum atomic E-state index is 10.5. The van der Waals surface area contributed by atoms with E-state index in [0.29, 0.717) is 5.76 Å². The molecule has 0 radical (unpaired) electrons. The molecule has 1 heterocycles. The van der Waals surface area contributed by atoms with E-state index in [1.165, 1.54) is 13.1 Å². The maximum Gasteiger partial charge on any atom is 0.292 e. The molecule has 0 unspecified atom stereocenters. The van der Waals surface area contributed by atoms with Gasteiger partial charge in [0.25, 0.3) is 5.35 Å². The summed E-state index contributed by atoms with van der Waals surface area (Å²) in [5.41, 5.74) is 0. The highest BCUT2D eigenvalue weighted by Gasteiger charge is 2.02. The molecule has 0 amide bonds. The van der Waals surface area contributed by atoms with Crippen molar-refractivity contribution in [2.24, 2.45) is 0 Å². The van der Waals surface area contributed by atoms with E-state index >= 15 is 0 Å². The molecule has 0 spiro atoms. The lowest BCUT2D eigenvalue weighted by Crippen LogP contribution is -1.93. The number of oxazole rings is 1. The van der Waals surface area contributed by atoms with Gasteiger partial charge in [-0.15, -0.1) is 0 Å². The summed E-state index contributed by atoms with van der Waals surface area (Å²) in [6, 6.07) is 0. The van der Waals surface area contributed by atoms with Crippen molar-refractivity contribution in [3.05, 3.63) is 17.3 Å². The third kappa shape index (κ3) is 1.84. The molecule has 0 aliphatic carbocycles. The minimum Gasteiger partial charge on any atom is -0.432 e. The lowest BCUT2D eigenvalue weighted by molar-refractivity contribution is -0.116. The van der Waals surface area contributed by atoms with Gasteiger partial charge in [-0.2, -0.15) is 0 Å². The van der Waals surface area contributed by atoms with E-state index in [0.717, 1.165) is 0 Å². The summed E-state index contributed by atoms with van der Waals surface area (Å²) in [6.45, 7) is 1.48. The van der Waals surface area contributed by atoms with Crippen LogP contribution in [-0.2, 0) is 11.2 Å². The van der Waals surface area contributed by atoms with Gasteiger partial charge < -0.3 is 4.42 Å². The van der Waals surface area contributed by atoms with Crippen molar-refractivity contribution in [1.29, 1.82) is 0 Å². The summed E-state index contributed by atoms with van der Waals surface area (Å²) < 4.78 is 4.83. The second kappa shape index (κ2) is 2.84. The Bertz CT molecular complexity index is 244. The van der Waals surface area contributed by atoms with E-state index in [9.17, 15) is 4.79 Å². The van der Waals surface area contributed by atoms with E-state index in [1.54, 1.807) is 0 Å². The highest BCUT2D eigenvalue weighted by atomic mass is 35.5. The van der Waals surface area contributed by atoms with Crippen LogP contribution < -0.4 is 0 Å². The first-order valence-corrected chi connectivity index (χ1v) is 3.16. The topological polar surface area (TPSA) is 43.1 Å². The Kier molecular flexibility index (Phi) is 2.06. The fourth-order valence-corrected chi connectivity index (χ4v) is 0.759. The minimum atomic E-state index is 0.0350. The number of carbonyl (C=O) groups excluding carboxylic acids is 1. The van der Waals surface area contributed by atoms with Crippen molar-refractivity contribution in [1.82, 2.24) is 4.98 Å². The predicted molar refractivity (Wildman–Crippen MR) is 35.9 cm³/mol. The van der Waals surface area contributed by atoms with Crippen LogP contribution in [0.25, 0.3) is 0 Å². The number of aromatic nitrogens is 1. The summed E-state index contributed by atoms with van der Waals surface area (Å²) in [7, 11) is 0. The molecule has 1 rings (SSSR count). The first kappa shape index (κ1) is 7.28. The summed E-state index contributed by atoms with van der Waals surface area (Å²) in [6.07, 6.45) is 1.71. The highest BCUT2D eigenvalue weighted by Crippen LogP contribution is 2.08. The van der Waals surface area contributed by atoms with Crippen molar-refractivity contribution in [3.63, 3.8) is 0 Å². The summed E-state index contributed by atoms with van der Waals surface area (Å²) in [4.78, 5) is 14.1. The van der Waals surface area contributed by atoms with E-state index in [2.05, 4.69) is 4.98 Å². The highest BCUT2D eigenvalue weighted by molar-refractivity contribution is 6.27. The SMILES string of the molecule is CC(=O)Cc1cnc(Cl)o1. The van der Waals surface area contributed by atoms with Gasteiger partial charge in [-0.3, -0.25) is 4.79 Å². The molecule has 0 saturated carbocycles. The summed E-state index contributed by atoms with van der Waals surface area (Å²) >= 11 is 5.35. The normalized spacial score (nSPS) is 9.80. The molecule has 0 bridgehead atoms. The van der Waals surface area contributed by atoms with Gasteiger partial charge in [0, 0.05) is 0 Å². The lowest BCUT2D eigenvalue weighted by Gasteiger charge is -1.85. The van der Waals surface area contributed by atoms with Gasteiger partial charge in [0.2, 0.25) is 0 Å². The summed E-state index contributed by atoms with van der Waals surface area (Å²) in [5.74, 6) is 0.547. The van der Waals surface area contributed by atoms with Crippen LogP contribution in [0.5, 0.6) is 0 Å². The molecule has 0 aliphatic heterocycles. The average molecular weight is 160 g/mol. The number of hydrogen-bond acceptors (Lipinski definition) is 3. The molecule has 0 aromatic carbocycles. The molecule has 4 heteroatoms. The van der Waals surface area contributed by atoms with Gasteiger partial charge in [-0.05, 0) is 18.5 Å². The van der Waals surface area contributed by atoms with Gasteiger partial charge in [0.05, 0.1) is 12.6 Å². The van der Waals surface area contributed by atoms with Crippen LogP contribution in [0, 0.1) is 0 Å². The monoisotopic (exact) mass is 159 g/mol. The maximum absolute atomic E-state index is 10.5. The Labute approximate surface area is 63.0 Å². The zero-order valence-corrected chi connectivity index (χ0v) is 6.18. The second-order valence-corrected chi connectivity index (χ2v) is 2.28. The fourth-order valence-electron chi connectivity index (χ4n) is 0.611. The van der Waals surface area contributed by atoms with Crippen LogP contribution in [0.3, 0.4) is 0 Å². The van der Waals surface area contributed by atoms with Crippen molar-refractivity contribution < 1.29 is 9.21 Å². The van der Waals surface area contributed by atoms with Crippen molar-refractivity contribution >= 4 is 17.4 Å². The third-order valence-corrected chi connectivity index (χ3v) is 1.12. The van der Waals surface area contributed by atoms with Gasteiger partial charge in [0.1, 0.15) is 11.5 Å². The molecule has 0 aliphatic rings. The number of hydrogen-bond donors (Lipinski definition) is 0. The Balaban J connectivity index is 2.67. The van der Waals surface area contributed by atoms with Crippen LogP contribution >= 0.6 is 11.6 Å². The molecule has 54 valence electrons. The smallest absolute Gasteiger partial charge is 0.292 e. The molecule has 10 heavy (non-hydrogen) atoms. The average Bonchev–Trinajstić information content (AvgIpc) is 2.13. The molecule has 1 aromatic rings. The first-order chi connectivity index (χ1) is 4.68. The molecule has 0 fully saturated rings. The minimum absolute atomic E-state index is 0.0350. The molecule has 1 aromatic heterocycles. The molecular formula is C6H6ClNO2. The van der Waals surface area contributed by atoms with E-state index in [-0.39, 0.29) is 17.6 Å². The van der Waals surface area contributed by atoms with Crippen LogP contribution in [0.1, 0.15) is 12.7 Å². The molecule has 0 saturated heterocycles.